The van der Waals surface area contributed by atoms with E-state index in [4.69, 9.17) is 14.2 Å². The smallest absolute Gasteiger partial charge is 0.339 e. The minimum absolute atomic E-state index is 0.175. The topological polar surface area (TPSA) is 111 Å². The Balaban J connectivity index is 1.62. The highest BCUT2D eigenvalue weighted by Crippen LogP contribution is 2.24. The third-order valence-electron chi connectivity index (χ3n) is 5.31. The van der Waals surface area contributed by atoms with Gasteiger partial charge < -0.3 is 19.5 Å². The number of benzene rings is 2. The number of piperidine rings is 1. The van der Waals surface area contributed by atoms with E-state index in [0.29, 0.717) is 30.3 Å². The van der Waals surface area contributed by atoms with Gasteiger partial charge >= 0.3 is 5.97 Å². The Labute approximate surface area is 193 Å². The van der Waals surface area contributed by atoms with Crippen molar-refractivity contribution in [2.75, 3.05) is 32.6 Å². The predicted octanol–water partition coefficient (Wildman–Crippen LogP) is 3.06. The Bertz CT molecular complexity index is 1070. The molecule has 3 rings (SSSR count). The van der Waals surface area contributed by atoms with Crippen molar-refractivity contribution in [2.24, 2.45) is 0 Å². The highest BCUT2D eigenvalue weighted by Gasteiger charge is 2.26. The maximum absolute atomic E-state index is 12.7. The number of esters is 1. The molecular formula is C23H28N2O7S. The molecule has 33 heavy (non-hydrogen) atoms. The van der Waals surface area contributed by atoms with Crippen LogP contribution in [0.3, 0.4) is 0 Å². The molecule has 0 saturated carbocycles. The van der Waals surface area contributed by atoms with Crippen LogP contribution in [-0.2, 0) is 19.6 Å². The van der Waals surface area contributed by atoms with Gasteiger partial charge in [-0.25, -0.2) is 13.2 Å². The second-order valence-corrected chi connectivity index (χ2v) is 9.57. The zero-order valence-corrected chi connectivity index (χ0v) is 19.7. The molecule has 1 amide bonds. The summed E-state index contributed by atoms with van der Waals surface area (Å²) in [6.07, 6.45) is 1.65. The van der Waals surface area contributed by atoms with E-state index in [1.165, 1.54) is 61.8 Å². The summed E-state index contributed by atoms with van der Waals surface area (Å²) in [4.78, 5) is 25.1. The molecule has 1 unspecified atom stereocenters. The van der Waals surface area contributed by atoms with Gasteiger partial charge in [0.2, 0.25) is 10.0 Å². The van der Waals surface area contributed by atoms with Crippen LogP contribution in [0.4, 0.5) is 5.69 Å². The monoisotopic (exact) mass is 476 g/mol. The van der Waals surface area contributed by atoms with Gasteiger partial charge in [0.25, 0.3) is 5.91 Å². The second kappa shape index (κ2) is 10.7. The van der Waals surface area contributed by atoms with E-state index < -0.39 is 28.0 Å². The van der Waals surface area contributed by atoms with Crippen LogP contribution < -0.4 is 14.8 Å². The number of carbonyl (C=O) groups is 2. The first-order valence-corrected chi connectivity index (χ1v) is 12.0. The molecule has 2 aromatic carbocycles. The summed E-state index contributed by atoms with van der Waals surface area (Å²) in [7, 11) is -0.628. The van der Waals surface area contributed by atoms with Crippen molar-refractivity contribution in [2.45, 2.75) is 37.2 Å². The quantitative estimate of drug-likeness (QED) is 0.583. The zero-order chi connectivity index (χ0) is 24.0. The Hall–Kier alpha value is -3.11. The molecule has 1 aliphatic rings. The fraction of sp³-hybridized carbons (Fsp3) is 0.391. The first-order valence-electron chi connectivity index (χ1n) is 10.6. The van der Waals surface area contributed by atoms with Crippen molar-refractivity contribution in [3.8, 4) is 11.5 Å². The molecule has 1 fully saturated rings. The highest BCUT2D eigenvalue weighted by atomic mass is 32.2. The molecule has 2 aromatic rings. The number of nitrogens with one attached hydrogen (secondary N) is 1. The molecule has 9 nitrogen and oxygen atoms in total. The number of sulfonamides is 1. The van der Waals surface area contributed by atoms with Crippen LogP contribution in [0.25, 0.3) is 0 Å². The van der Waals surface area contributed by atoms with Crippen molar-refractivity contribution >= 4 is 27.6 Å². The number of carbonyl (C=O) groups excluding carboxylic acids is 2. The van der Waals surface area contributed by atoms with E-state index in [2.05, 4.69) is 5.32 Å². The summed E-state index contributed by atoms with van der Waals surface area (Å²) in [6, 6.07) is 10.5. The summed E-state index contributed by atoms with van der Waals surface area (Å²) in [6.45, 7) is 2.48. The number of hydrogen-bond donors (Lipinski definition) is 1. The summed E-state index contributed by atoms with van der Waals surface area (Å²) in [5.41, 5.74) is 0.571. The van der Waals surface area contributed by atoms with Crippen LogP contribution in [0.15, 0.2) is 47.4 Å². The molecule has 1 aliphatic heterocycles. The lowest BCUT2D eigenvalue weighted by atomic mass is 10.2. The van der Waals surface area contributed by atoms with Crippen molar-refractivity contribution in [3.05, 3.63) is 48.0 Å². The molecule has 0 aliphatic carbocycles. The van der Waals surface area contributed by atoms with Crippen LogP contribution in [0.2, 0.25) is 0 Å². The van der Waals surface area contributed by atoms with Gasteiger partial charge in [-0.3, -0.25) is 4.79 Å². The normalized spacial score (nSPS) is 15.4. The maximum Gasteiger partial charge on any atom is 0.339 e. The second-order valence-electron chi connectivity index (χ2n) is 7.63. The SMILES string of the molecule is COc1cc(OC)cc(C(=O)OC(C)C(=O)Nc2ccc(S(=O)(=O)N3CCCCC3)cc2)c1. The summed E-state index contributed by atoms with van der Waals surface area (Å²) < 4.78 is 42.5. The summed E-state index contributed by atoms with van der Waals surface area (Å²) in [5.74, 6) is -0.432. The van der Waals surface area contributed by atoms with Gasteiger partial charge in [0.1, 0.15) is 11.5 Å². The molecule has 0 spiro atoms. The molecule has 0 radical (unpaired) electrons. The van der Waals surface area contributed by atoms with E-state index in [9.17, 15) is 18.0 Å². The molecule has 1 atom stereocenters. The van der Waals surface area contributed by atoms with E-state index in [0.717, 1.165) is 19.3 Å². The van der Waals surface area contributed by atoms with E-state index >= 15 is 0 Å². The minimum atomic E-state index is -3.55. The van der Waals surface area contributed by atoms with Crippen molar-refractivity contribution < 1.29 is 32.2 Å². The number of ether oxygens (including phenoxy) is 3. The Morgan fingerprint density at radius 2 is 1.52 bits per heavy atom. The molecule has 1 saturated heterocycles. The van der Waals surface area contributed by atoms with Crippen LogP contribution in [0.5, 0.6) is 11.5 Å². The predicted molar refractivity (Wildman–Crippen MR) is 122 cm³/mol. The first kappa shape index (κ1) is 24.5. The minimum Gasteiger partial charge on any atom is -0.497 e. The average Bonchev–Trinajstić information content (AvgIpc) is 2.84. The number of amides is 1. The number of anilines is 1. The molecule has 0 aromatic heterocycles. The Morgan fingerprint density at radius 1 is 0.939 bits per heavy atom. The number of hydrogen-bond acceptors (Lipinski definition) is 7. The molecule has 0 bridgehead atoms. The largest absolute Gasteiger partial charge is 0.497 e. The van der Waals surface area contributed by atoms with Gasteiger partial charge in [0, 0.05) is 24.8 Å². The third kappa shape index (κ3) is 6.02. The fourth-order valence-electron chi connectivity index (χ4n) is 3.42. The van der Waals surface area contributed by atoms with Crippen LogP contribution >= 0.6 is 0 Å². The molecule has 1 heterocycles. The Kier molecular flexibility index (Phi) is 7.93. The molecule has 178 valence electrons. The highest BCUT2D eigenvalue weighted by molar-refractivity contribution is 7.89. The third-order valence-corrected chi connectivity index (χ3v) is 7.23. The van der Waals surface area contributed by atoms with E-state index in [1.807, 2.05) is 0 Å². The fourth-order valence-corrected chi connectivity index (χ4v) is 4.93. The number of rotatable bonds is 8. The summed E-state index contributed by atoms with van der Waals surface area (Å²) in [5, 5.41) is 2.63. The first-order chi connectivity index (χ1) is 15.7. The van der Waals surface area contributed by atoms with Gasteiger partial charge in [0.05, 0.1) is 24.7 Å². The van der Waals surface area contributed by atoms with Gasteiger partial charge in [-0.1, -0.05) is 6.42 Å². The van der Waals surface area contributed by atoms with Gasteiger partial charge in [-0.2, -0.15) is 4.31 Å². The number of methoxy groups -OCH3 is 2. The average molecular weight is 477 g/mol. The van der Waals surface area contributed by atoms with Gasteiger partial charge in [0.15, 0.2) is 6.10 Å². The zero-order valence-electron chi connectivity index (χ0n) is 18.9. The lowest BCUT2D eigenvalue weighted by Gasteiger charge is -2.25. The summed E-state index contributed by atoms with van der Waals surface area (Å²) >= 11 is 0. The van der Waals surface area contributed by atoms with Crippen molar-refractivity contribution in [3.63, 3.8) is 0 Å². The Morgan fingerprint density at radius 3 is 2.06 bits per heavy atom. The molecule has 1 N–H and O–H groups in total. The van der Waals surface area contributed by atoms with E-state index in [1.54, 1.807) is 6.07 Å². The maximum atomic E-state index is 12.7. The lowest BCUT2D eigenvalue weighted by Crippen LogP contribution is -2.35. The van der Waals surface area contributed by atoms with Crippen molar-refractivity contribution in [1.29, 1.82) is 0 Å². The van der Waals surface area contributed by atoms with Crippen molar-refractivity contribution in [1.82, 2.24) is 4.31 Å². The van der Waals surface area contributed by atoms with Gasteiger partial charge in [-0.05, 0) is 56.2 Å². The molecule has 10 heteroatoms. The van der Waals surface area contributed by atoms with Crippen LogP contribution in [0.1, 0.15) is 36.5 Å². The van der Waals surface area contributed by atoms with Crippen LogP contribution in [0, 0.1) is 0 Å². The standard InChI is InChI=1S/C23H28N2O7S/c1-16(32-23(27)17-13-19(30-2)15-20(14-17)31-3)22(26)24-18-7-9-21(10-8-18)33(28,29)25-11-5-4-6-12-25/h7-10,13-16H,4-6,11-12H2,1-3H3,(H,24,26). The van der Waals surface area contributed by atoms with Crippen LogP contribution in [-0.4, -0.2) is 58.0 Å². The lowest BCUT2D eigenvalue weighted by molar-refractivity contribution is -0.123. The van der Waals surface area contributed by atoms with E-state index in [-0.39, 0.29) is 10.5 Å². The molecular weight excluding hydrogens is 448 g/mol. The van der Waals surface area contributed by atoms with Gasteiger partial charge in [-0.15, -0.1) is 0 Å². The number of nitrogens with zero attached hydrogens (tertiary/aromatic N) is 1.